The van der Waals surface area contributed by atoms with Crippen LogP contribution >= 0.6 is 22.9 Å². The van der Waals surface area contributed by atoms with Gasteiger partial charge in [0.1, 0.15) is 4.83 Å². The molecule has 0 amide bonds. The van der Waals surface area contributed by atoms with Gasteiger partial charge in [-0.25, -0.2) is 9.78 Å². The number of rotatable bonds is 7. The van der Waals surface area contributed by atoms with Crippen molar-refractivity contribution in [3.63, 3.8) is 0 Å². The van der Waals surface area contributed by atoms with Gasteiger partial charge in [0.25, 0.3) is 5.56 Å². The van der Waals surface area contributed by atoms with Crippen LogP contribution in [0.5, 0.6) is 0 Å². The van der Waals surface area contributed by atoms with Gasteiger partial charge in [0, 0.05) is 16.0 Å². The molecule has 0 saturated carbocycles. The first-order valence-electron chi connectivity index (χ1n) is 8.43. The van der Waals surface area contributed by atoms with Crippen LogP contribution in [0.3, 0.4) is 0 Å². The van der Waals surface area contributed by atoms with Crippen LogP contribution in [-0.4, -0.2) is 27.9 Å². The van der Waals surface area contributed by atoms with Crippen molar-refractivity contribution in [1.29, 1.82) is 0 Å². The van der Waals surface area contributed by atoms with Gasteiger partial charge >= 0.3 is 5.97 Å². The lowest BCUT2D eigenvalue weighted by Crippen LogP contribution is -2.25. The number of ketones is 1. The Morgan fingerprint density at radius 3 is 2.70 bits per heavy atom. The van der Waals surface area contributed by atoms with E-state index in [0.717, 1.165) is 12.8 Å². The maximum Gasteiger partial charge on any atom is 0.339 e. The largest absolute Gasteiger partial charge is 0.462 e. The zero-order chi connectivity index (χ0) is 19.4. The number of ether oxygens (including phenoxy) is 1. The number of carbonyl (C=O) groups excluding carboxylic acids is 2. The van der Waals surface area contributed by atoms with Gasteiger partial charge in [0.15, 0.2) is 5.78 Å². The Bertz CT molecular complexity index is 1040. The van der Waals surface area contributed by atoms with Crippen LogP contribution in [0.1, 0.15) is 40.5 Å². The van der Waals surface area contributed by atoms with Crippen LogP contribution < -0.4 is 5.56 Å². The number of Topliss-reactive ketones (excluding diaryl/α,β-unsaturated/α-hetero) is 1. The highest BCUT2D eigenvalue weighted by Gasteiger charge is 2.19. The second-order valence-electron chi connectivity index (χ2n) is 5.93. The van der Waals surface area contributed by atoms with Crippen LogP contribution in [0.2, 0.25) is 5.02 Å². The van der Waals surface area contributed by atoms with Gasteiger partial charge in [-0.15, -0.1) is 11.3 Å². The van der Waals surface area contributed by atoms with E-state index in [-0.39, 0.29) is 23.3 Å². The lowest BCUT2D eigenvalue weighted by Gasteiger charge is -2.06. The van der Waals surface area contributed by atoms with E-state index in [1.807, 2.05) is 6.92 Å². The molecule has 0 spiro atoms. The number of unbranched alkanes of at least 4 members (excludes halogenated alkanes) is 1. The van der Waals surface area contributed by atoms with Gasteiger partial charge in [0.05, 0.1) is 30.4 Å². The van der Waals surface area contributed by atoms with E-state index in [1.54, 1.807) is 29.6 Å². The van der Waals surface area contributed by atoms with Gasteiger partial charge < -0.3 is 4.74 Å². The summed E-state index contributed by atoms with van der Waals surface area (Å²) in [5, 5.41) is 2.28. The highest BCUT2D eigenvalue weighted by molar-refractivity contribution is 7.17. The Hall–Kier alpha value is -2.51. The Morgan fingerprint density at radius 1 is 1.26 bits per heavy atom. The predicted molar refractivity (Wildman–Crippen MR) is 105 cm³/mol. The van der Waals surface area contributed by atoms with E-state index in [4.69, 9.17) is 16.3 Å². The summed E-state index contributed by atoms with van der Waals surface area (Å²) in [5.74, 6) is -0.799. The van der Waals surface area contributed by atoms with Crippen LogP contribution in [0.25, 0.3) is 10.2 Å². The van der Waals surface area contributed by atoms with Crippen LogP contribution in [0.4, 0.5) is 0 Å². The number of fused-ring (bicyclic) bond motifs is 1. The number of hydrogen-bond donors (Lipinski definition) is 0. The number of esters is 1. The fraction of sp³-hybridized carbons (Fsp3) is 0.263. The third-order valence-corrected chi connectivity index (χ3v) is 5.13. The molecule has 0 unspecified atom stereocenters. The molecule has 0 N–H and O–H groups in total. The third-order valence-electron chi connectivity index (χ3n) is 3.99. The van der Waals surface area contributed by atoms with Gasteiger partial charge in [-0.3, -0.25) is 14.2 Å². The zero-order valence-corrected chi connectivity index (χ0v) is 16.2. The molecule has 8 heteroatoms. The Morgan fingerprint density at radius 2 is 2.00 bits per heavy atom. The van der Waals surface area contributed by atoms with Crippen LogP contribution in [0.15, 0.2) is 40.8 Å². The van der Waals surface area contributed by atoms with E-state index in [2.05, 4.69) is 4.98 Å². The summed E-state index contributed by atoms with van der Waals surface area (Å²) >= 11 is 7.02. The van der Waals surface area contributed by atoms with E-state index < -0.39 is 11.5 Å². The monoisotopic (exact) mass is 404 g/mol. The fourth-order valence-corrected chi connectivity index (χ4v) is 3.49. The molecule has 0 aliphatic heterocycles. The summed E-state index contributed by atoms with van der Waals surface area (Å²) in [4.78, 5) is 42.1. The van der Waals surface area contributed by atoms with Crippen molar-refractivity contribution in [2.75, 3.05) is 6.61 Å². The van der Waals surface area contributed by atoms with Crippen molar-refractivity contribution in [2.45, 2.75) is 26.3 Å². The lowest BCUT2D eigenvalue weighted by molar-refractivity contribution is 0.0502. The second-order valence-corrected chi connectivity index (χ2v) is 7.22. The second kappa shape index (κ2) is 8.45. The molecule has 0 atom stereocenters. The molecule has 0 bridgehead atoms. The Balaban J connectivity index is 1.89. The van der Waals surface area contributed by atoms with Crippen LogP contribution in [0, 0.1) is 0 Å². The van der Waals surface area contributed by atoms with Crippen LogP contribution in [-0.2, 0) is 11.3 Å². The third kappa shape index (κ3) is 4.26. The number of halogens is 1. The Labute approximate surface area is 164 Å². The van der Waals surface area contributed by atoms with Gasteiger partial charge in [-0.1, -0.05) is 24.9 Å². The number of thiophene rings is 1. The molecule has 140 valence electrons. The number of hydrogen-bond acceptors (Lipinski definition) is 6. The van der Waals surface area contributed by atoms with Crippen molar-refractivity contribution < 1.29 is 14.3 Å². The van der Waals surface area contributed by atoms with Crippen molar-refractivity contribution in [3.05, 3.63) is 62.5 Å². The van der Waals surface area contributed by atoms with Crippen molar-refractivity contribution >= 4 is 44.9 Å². The van der Waals surface area contributed by atoms with Gasteiger partial charge in [-0.05, 0) is 30.7 Å². The summed E-state index contributed by atoms with van der Waals surface area (Å²) in [5.41, 5.74) is 0.193. The number of nitrogens with zero attached hydrogens (tertiary/aromatic N) is 2. The predicted octanol–water partition coefficient (Wildman–Crippen LogP) is 3.95. The molecule has 0 aliphatic carbocycles. The lowest BCUT2D eigenvalue weighted by atomic mass is 10.1. The molecular weight excluding hydrogens is 388 g/mol. The molecule has 0 fully saturated rings. The first kappa shape index (κ1) is 19.3. The topological polar surface area (TPSA) is 78.3 Å². The number of benzene rings is 1. The van der Waals surface area contributed by atoms with E-state index in [0.29, 0.717) is 22.0 Å². The SMILES string of the molecule is CCCCOC(=O)c1csc2ncn(CC(=O)c3ccc(Cl)cc3)c(=O)c12. The normalized spacial score (nSPS) is 10.9. The molecule has 0 aliphatic rings. The quantitative estimate of drug-likeness (QED) is 0.338. The van der Waals surface area contributed by atoms with Gasteiger partial charge in [0.2, 0.25) is 0 Å². The van der Waals surface area contributed by atoms with Gasteiger partial charge in [-0.2, -0.15) is 0 Å². The van der Waals surface area contributed by atoms with E-state index in [1.165, 1.54) is 22.2 Å². The first-order valence-corrected chi connectivity index (χ1v) is 9.69. The van der Waals surface area contributed by atoms with E-state index in [9.17, 15) is 14.4 Å². The average molecular weight is 405 g/mol. The van der Waals surface area contributed by atoms with Crippen molar-refractivity contribution in [2.24, 2.45) is 0 Å². The number of carbonyl (C=O) groups is 2. The average Bonchev–Trinajstić information content (AvgIpc) is 3.09. The van der Waals surface area contributed by atoms with E-state index >= 15 is 0 Å². The minimum Gasteiger partial charge on any atom is -0.462 e. The molecule has 3 aromatic rings. The molecule has 6 nitrogen and oxygen atoms in total. The summed E-state index contributed by atoms with van der Waals surface area (Å²) in [7, 11) is 0. The summed E-state index contributed by atoms with van der Waals surface area (Å²) in [6.07, 6.45) is 2.98. The maximum absolute atomic E-state index is 12.8. The maximum atomic E-state index is 12.8. The van der Waals surface area contributed by atoms with Crippen molar-refractivity contribution in [1.82, 2.24) is 9.55 Å². The molecule has 2 heterocycles. The first-order chi connectivity index (χ1) is 13.0. The highest BCUT2D eigenvalue weighted by atomic mass is 35.5. The minimum absolute atomic E-state index is 0.177. The smallest absolute Gasteiger partial charge is 0.339 e. The summed E-state index contributed by atoms with van der Waals surface area (Å²) < 4.78 is 6.41. The molecule has 3 rings (SSSR count). The number of aromatic nitrogens is 2. The molecular formula is C19H17ClN2O4S. The molecule has 1 aromatic carbocycles. The zero-order valence-electron chi connectivity index (χ0n) is 14.6. The van der Waals surface area contributed by atoms with Crippen molar-refractivity contribution in [3.8, 4) is 0 Å². The molecule has 27 heavy (non-hydrogen) atoms. The minimum atomic E-state index is -0.546. The highest BCUT2D eigenvalue weighted by Crippen LogP contribution is 2.22. The molecule has 2 aromatic heterocycles. The summed E-state index contributed by atoms with van der Waals surface area (Å²) in [6, 6.07) is 6.43. The fourth-order valence-electron chi connectivity index (χ4n) is 2.50. The molecule has 0 radical (unpaired) electrons. The standard InChI is InChI=1S/C19H17ClN2O4S/c1-2-3-8-26-19(25)14-10-27-17-16(14)18(24)22(11-21-17)9-15(23)12-4-6-13(20)7-5-12/h4-7,10-11H,2-3,8-9H2,1H3. The molecule has 0 saturated heterocycles. The summed E-state index contributed by atoms with van der Waals surface area (Å²) in [6.45, 7) is 2.12. The Kier molecular flexibility index (Phi) is 6.03.